The van der Waals surface area contributed by atoms with Crippen molar-refractivity contribution in [3.63, 3.8) is 0 Å². The molecule has 2 nitrogen and oxygen atoms in total. The second-order valence-corrected chi connectivity index (χ2v) is 6.44. The Hall–Kier alpha value is -1.02. The normalized spacial score (nSPS) is 11.9. The van der Waals surface area contributed by atoms with E-state index >= 15 is 0 Å². The maximum Gasteiger partial charge on any atom is 0.122 e. The Morgan fingerprint density at radius 1 is 1.21 bits per heavy atom. The van der Waals surface area contributed by atoms with Crippen LogP contribution in [0.25, 0.3) is 0 Å². The molecule has 1 aromatic carbocycles. The van der Waals surface area contributed by atoms with Crippen molar-refractivity contribution < 1.29 is 4.74 Å². The molecule has 0 heterocycles. The van der Waals surface area contributed by atoms with E-state index in [4.69, 9.17) is 4.74 Å². The fourth-order valence-electron chi connectivity index (χ4n) is 1.96. The van der Waals surface area contributed by atoms with Crippen LogP contribution in [0.15, 0.2) is 24.3 Å². The topological polar surface area (TPSA) is 21.3 Å². The molecule has 0 aliphatic rings. The number of rotatable bonds is 8. The molecule has 0 amide bonds. The summed E-state index contributed by atoms with van der Waals surface area (Å²) in [7, 11) is 0. The van der Waals surface area contributed by atoms with Crippen LogP contribution in [0.2, 0.25) is 0 Å². The van der Waals surface area contributed by atoms with E-state index in [9.17, 15) is 0 Å². The van der Waals surface area contributed by atoms with Gasteiger partial charge in [-0.2, -0.15) is 0 Å². The zero-order valence-corrected chi connectivity index (χ0v) is 13.1. The molecule has 0 spiro atoms. The Morgan fingerprint density at radius 2 is 1.89 bits per heavy atom. The summed E-state index contributed by atoms with van der Waals surface area (Å²) in [6.45, 7) is 13.9. The number of hydrogen-bond donors (Lipinski definition) is 1. The van der Waals surface area contributed by atoms with Gasteiger partial charge in [0.15, 0.2) is 0 Å². The van der Waals surface area contributed by atoms with Crippen molar-refractivity contribution in [3.05, 3.63) is 29.8 Å². The highest BCUT2D eigenvalue weighted by Gasteiger charge is 2.19. The van der Waals surface area contributed by atoms with Crippen molar-refractivity contribution in [1.82, 2.24) is 5.32 Å². The van der Waals surface area contributed by atoms with E-state index in [2.05, 4.69) is 58.1 Å². The Labute approximate surface area is 118 Å². The Balaban J connectivity index is 2.45. The predicted octanol–water partition coefficient (Wildman–Crippen LogP) is 3.90. The van der Waals surface area contributed by atoms with Crippen molar-refractivity contribution in [2.45, 2.75) is 41.0 Å². The van der Waals surface area contributed by atoms with Crippen LogP contribution in [-0.4, -0.2) is 19.7 Å². The van der Waals surface area contributed by atoms with E-state index in [1.54, 1.807) is 0 Å². The van der Waals surface area contributed by atoms with Crippen LogP contribution < -0.4 is 10.1 Å². The van der Waals surface area contributed by atoms with Gasteiger partial charge in [-0.3, -0.25) is 0 Å². The van der Waals surface area contributed by atoms with Gasteiger partial charge in [0.05, 0.1) is 6.61 Å². The second kappa shape index (κ2) is 7.54. The molecule has 0 bridgehead atoms. The van der Waals surface area contributed by atoms with Crippen molar-refractivity contribution >= 4 is 0 Å². The third kappa shape index (κ3) is 6.11. The molecule has 0 aliphatic heterocycles. The summed E-state index contributed by atoms with van der Waals surface area (Å²) in [5.41, 5.74) is 1.43. The van der Waals surface area contributed by atoms with E-state index in [0.29, 0.717) is 5.92 Å². The lowest BCUT2D eigenvalue weighted by Crippen LogP contribution is -2.36. The molecule has 0 saturated carbocycles. The molecule has 0 aliphatic carbocycles. The van der Waals surface area contributed by atoms with E-state index in [-0.39, 0.29) is 5.41 Å². The van der Waals surface area contributed by atoms with Gasteiger partial charge in [-0.25, -0.2) is 0 Å². The molecule has 1 aromatic rings. The van der Waals surface area contributed by atoms with Gasteiger partial charge in [-0.15, -0.1) is 0 Å². The minimum Gasteiger partial charge on any atom is -0.493 e. The van der Waals surface area contributed by atoms with Crippen LogP contribution in [0.4, 0.5) is 0 Å². The van der Waals surface area contributed by atoms with Gasteiger partial charge < -0.3 is 10.1 Å². The van der Waals surface area contributed by atoms with Crippen LogP contribution in [0.1, 0.15) is 40.2 Å². The minimum atomic E-state index is 0.149. The Morgan fingerprint density at radius 3 is 2.53 bits per heavy atom. The largest absolute Gasteiger partial charge is 0.493 e. The second-order valence-electron chi connectivity index (χ2n) is 6.44. The molecule has 0 unspecified atom stereocenters. The summed E-state index contributed by atoms with van der Waals surface area (Å²) in [5, 5.41) is 3.51. The number of hydrogen-bond acceptors (Lipinski definition) is 2. The molecule has 1 N–H and O–H groups in total. The van der Waals surface area contributed by atoms with E-state index < -0.39 is 0 Å². The number of ether oxygens (including phenoxy) is 1. The minimum absolute atomic E-state index is 0.149. The summed E-state index contributed by atoms with van der Waals surface area (Å²) in [5.74, 6) is 1.72. The third-order valence-corrected chi connectivity index (χ3v) is 3.13. The standard InChI is InChI=1S/C17H29NO/c1-6-15-9-7-8-10-16(15)19-13-17(4,5)12-18-11-14(2)3/h7-10,14,18H,6,11-13H2,1-5H3. The third-order valence-electron chi connectivity index (χ3n) is 3.13. The first kappa shape index (κ1) is 16.0. The van der Waals surface area contributed by atoms with Crippen LogP contribution >= 0.6 is 0 Å². The fourth-order valence-corrected chi connectivity index (χ4v) is 1.96. The molecule has 1 rings (SSSR count). The number of benzene rings is 1. The summed E-state index contributed by atoms with van der Waals surface area (Å²) in [6, 6.07) is 8.31. The number of aryl methyl sites for hydroxylation is 1. The molecule has 0 radical (unpaired) electrons. The highest BCUT2D eigenvalue weighted by Crippen LogP contribution is 2.22. The van der Waals surface area contributed by atoms with Gasteiger partial charge >= 0.3 is 0 Å². The lowest BCUT2D eigenvalue weighted by atomic mass is 9.94. The molecule has 0 aromatic heterocycles. The average Bonchev–Trinajstić information content (AvgIpc) is 2.36. The quantitative estimate of drug-likeness (QED) is 0.768. The predicted molar refractivity (Wildman–Crippen MR) is 82.8 cm³/mol. The van der Waals surface area contributed by atoms with Gasteiger partial charge in [0.1, 0.15) is 5.75 Å². The van der Waals surface area contributed by atoms with Gasteiger partial charge in [0, 0.05) is 12.0 Å². The Bertz CT molecular complexity index is 371. The molecular weight excluding hydrogens is 234 g/mol. The summed E-state index contributed by atoms with van der Waals surface area (Å²) >= 11 is 0. The zero-order valence-electron chi connectivity index (χ0n) is 13.1. The van der Waals surface area contributed by atoms with Crippen molar-refractivity contribution in [1.29, 1.82) is 0 Å². The summed E-state index contributed by atoms with van der Waals surface area (Å²) in [6.07, 6.45) is 1.02. The average molecular weight is 263 g/mol. The lowest BCUT2D eigenvalue weighted by molar-refractivity contribution is 0.174. The smallest absolute Gasteiger partial charge is 0.122 e. The van der Waals surface area contributed by atoms with Crippen molar-refractivity contribution in [2.75, 3.05) is 19.7 Å². The van der Waals surface area contributed by atoms with Crippen molar-refractivity contribution in [2.24, 2.45) is 11.3 Å². The van der Waals surface area contributed by atoms with Gasteiger partial charge in [0.2, 0.25) is 0 Å². The SMILES string of the molecule is CCc1ccccc1OCC(C)(C)CNCC(C)C. The van der Waals surface area contributed by atoms with Crippen LogP contribution in [0, 0.1) is 11.3 Å². The van der Waals surface area contributed by atoms with E-state index in [1.165, 1.54) is 5.56 Å². The number of para-hydroxylation sites is 1. The number of nitrogens with one attached hydrogen (secondary N) is 1. The van der Waals surface area contributed by atoms with Gasteiger partial charge in [-0.1, -0.05) is 52.8 Å². The maximum atomic E-state index is 6.01. The molecule has 0 atom stereocenters. The fraction of sp³-hybridized carbons (Fsp3) is 0.647. The zero-order chi connectivity index (χ0) is 14.3. The van der Waals surface area contributed by atoms with Crippen LogP contribution in [0.5, 0.6) is 5.75 Å². The molecule has 19 heavy (non-hydrogen) atoms. The van der Waals surface area contributed by atoms with Crippen LogP contribution in [-0.2, 0) is 6.42 Å². The lowest BCUT2D eigenvalue weighted by Gasteiger charge is -2.26. The first-order chi connectivity index (χ1) is 8.94. The summed E-state index contributed by atoms with van der Waals surface area (Å²) < 4.78 is 6.01. The first-order valence-corrected chi connectivity index (χ1v) is 7.36. The van der Waals surface area contributed by atoms with E-state index in [1.807, 2.05) is 6.07 Å². The highest BCUT2D eigenvalue weighted by molar-refractivity contribution is 5.33. The van der Waals surface area contributed by atoms with Gasteiger partial charge in [0.25, 0.3) is 0 Å². The molecular formula is C17H29NO. The van der Waals surface area contributed by atoms with E-state index in [0.717, 1.165) is 31.9 Å². The molecule has 2 heteroatoms. The van der Waals surface area contributed by atoms with Crippen molar-refractivity contribution in [3.8, 4) is 5.75 Å². The molecule has 0 fully saturated rings. The van der Waals surface area contributed by atoms with Crippen LogP contribution in [0.3, 0.4) is 0 Å². The molecule has 108 valence electrons. The maximum absolute atomic E-state index is 6.01. The van der Waals surface area contributed by atoms with Gasteiger partial charge in [-0.05, 0) is 30.5 Å². The summed E-state index contributed by atoms with van der Waals surface area (Å²) in [4.78, 5) is 0. The highest BCUT2D eigenvalue weighted by atomic mass is 16.5. The molecule has 0 saturated heterocycles. The first-order valence-electron chi connectivity index (χ1n) is 7.36. The Kier molecular flexibility index (Phi) is 6.36. The monoisotopic (exact) mass is 263 g/mol.